The van der Waals surface area contributed by atoms with E-state index in [2.05, 4.69) is 6.92 Å². The van der Waals surface area contributed by atoms with Crippen molar-refractivity contribution >= 4 is 11.8 Å². The number of rotatable bonds is 16. The van der Waals surface area contributed by atoms with Crippen LogP contribution in [0.1, 0.15) is 110 Å². The van der Waals surface area contributed by atoms with Gasteiger partial charge in [-0.15, -0.1) is 0 Å². The van der Waals surface area contributed by atoms with Crippen LogP contribution in [0.4, 0.5) is 0 Å². The highest BCUT2D eigenvalue weighted by Crippen LogP contribution is 2.19. The van der Waals surface area contributed by atoms with Crippen molar-refractivity contribution in [3.05, 3.63) is 12.2 Å². The summed E-state index contributed by atoms with van der Waals surface area (Å²) in [4.78, 5) is 22.7. The summed E-state index contributed by atoms with van der Waals surface area (Å²) in [6.07, 6.45) is 23.7. The van der Waals surface area contributed by atoms with Crippen molar-refractivity contribution in [3.63, 3.8) is 0 Å². The average molecular weight is 366 g/mol. The molecule has 0 aromatic rings. The lowest BCUT2D eigenvalue weighted by Gasteiger charge is -2.03. The maximum Gasteiger partial charge on any atom is 0.260 e. The second-order valence-electron chi connectivity index (χ2n) is 7.67. The predicted molar refractivity (Wildman–Crippen MR) is 106 cm³/mol. The molecule has 0 spiro atoms. The van der Waals surface area contributed by atoms with E-state index in [1.165, 1.54) is 83.5 Å². The molecule has 2 amide bonds. The molecule has 1 aliphatic rings. The van der Waals surface area contributed by atoms with E-state index in [4.69, 9.17) is 0 Å². The number of imide groups is 1. The molecule has 0 aromatic carbocycles. The second kappa shape index (κ2) is 15.0. The molecule has 1 fully saturated rings. The van der Waals surface area contributed by atoms with Gasteiger partial charge in [0.15, 0.2) is 0 Å². The molecule has 1 heterocycles. The summed E-state index contributed by atoms with van der Waals surface area (Å²) in [7, 11) is 0. The van der Waals surface area contributed by atoms with E-state index in [0.29, 0.717) is 0 Å². The summed E-state index contributed by atoms with van der Waals surface area (Å²) in [5.74, 6) is -1.45. The Morgan fingerprint density at radius 2 is 1.31 bits per heavy atom. The fraction of sp³-hybridized carbons (Fsp3) is 0.818. The minimum atomic E-state index is -0.499. The molecule has 4 nitrogen and oxygen atoms in total. The number of hydrogen-bond donors (Lipinski definition) is 1. The van der Waals surface area contributed by atoms with Gasteiger partial charge in [0, 0.05) is 6.42 Å². The molecule has 150 valence electrons. The molecule has 1 rings (SSSR count). The van der Waals surface area contributed by atoms with Crippen molar-refractivity contribution in [2.24, 2.45) is 5.92 Å². The van der Waals surface area contributed by atoms with Gasteiger partial charge in [0.25, 0.3) is 11.8 Å². The maximum absolute atomic E-state index is 11.5. The van der Waals surface area contributed by atoms with Crippen molar-refractivity contribution in [1.82, 2.24) is 5.06 Å². The van der Waals surface area contributed by atoms with Crippen molar-refractivity contribution in [2.45, 2.75) is 110 Å². The second-order valence-corrected chi connectivity index (χ2v) is 7.67. The Morgan fingerprint density at radius 3 is 1.73 bits per heavy atom. The third kappa shape index (κ3) is 10.1. The largest absolute Gasteiger partial charge is 0.278 e. The summed E-state index contributed by atoms with van der Waals surface area (Å²) >= 11 is 0. The molecular formula is C22H39NO3. The SMILES string of the molecule is CCCCCCCCCCCCCCCCC=CC1CC(=O)N(O)C1=O. The van der Waals surface area contributed by atoms with Crippen molar-refractivity contribution in [2.75, 3.05) is 0 Å². The number of hydrogen-bond acceptors (Lipinski definition) is 3. The minimum absolute atomic E-state index is 0.102. The lowest BCUT2D eigenvalue weighted by Crippen LogP contribution is -2.26. The number of hydroxylamine groups is 2. The number of unbranched alkanes of at least 4 members (excludes halogenated alkanes) is 14. The molecule has 4 heteroatoms. The van der Waals surface area contributed by atoms with Crippen LogP contribution in [0.3, 0.4) is 0 Å². The maximum atomic E-state index is 11.5. The monoisotopic (exact) mass is 365 g/mol. The molecular weight excluding hydrogens is 326 g/mol. The molecule has 0 bridgehead atoms. The molecule has 0 aliphatic carbocycles. The summed E-state index contributed by atoms with van der Waals surface area (Å²) in [6, 6.07) is 0. The zero-order valence-corrected chi connectivity index (χ0v) is 16.8. The van der Waals surface area contributed by atoms with E-state index in [0.717, 1.165) is 12.8 Å². The highest BCUT2D eigenvalue weighted by Gasteiger charge is 2.36. The van der Waals surface area contributed by atoms with Crippen LogP contribution in [0.5, 0.6) is 0 Å². The van der Waals surface area contributed by atoms with Crippen LogP contribution in [0.25, 0.3) is 0 Å². The quantitative estimate of drug-likeness (QED) is 0.154. The molecule has 1 unspecified atom stereocenters. The summed E-state index contributed by atoms with van der Waals surface area (Å²) in [5, 5.41) is 9.42. The lowest BCUT2D eigenvalue weighted by molar-refractivity contribution is -0.171. The third-order valence-corrected chi connectivity index (χ3v) is 5.25. The summed E-state index contributed by atoms with van der Waals surface area (Å²) in [5.41, 5.74) is 0. The number of amides is 2. The van der Waals surface area contributed by atoms with E-state index in [1.54, 1.807) is 6.08 Å². The van der Waals surface area contributed by atoms with E-state index in [1.807, 2.05) is 6.08 Å². The minimum Gasteiger partial charge on any atom is -0.278 e. The van der Waals surface area contributed by atoms with Crippen LogP contribution in [0.2, 0.25) is 0 Å². The first-order valence-corrected chi connectivity index (χ1v) is 10.9. The Bertz CT molecular complexity index is 420. The molecule has 0 radical (unpaired) electrons. The van der Waals surface area contributed by atoms with Crippen LogP contribution in [-0.4, -0.2) is 22.1 Å². The normalized spacial score (nSPS) is 17.8. The predicted octanol–water partition coefficient (Wildman–Crippen LogP) is 6.18. The van der Waals surface area contributed by atoms with Gasteiger partial charge >= 0.3 is 0 Å². The Kier molecular flexibility index (Phi) is 13.2. The summed E-state index contributed by atoms with van der Waals surface area (Å²) < 4.78 is 0. The fourth-order valence-electron chi connectivity index (χ4n) is 3.51. The van der Waals surface area contributed by atoms with Gasteiger partial charge in [0.2, 0.25) is 0 Å². The third-order valence-electron chi connectivity index (χ3n) is 5.25. The topological polar surface area (TPSA) is 57.6 Å². The molecule has 1 N–H and O–H groups in total. The van der Waals surface area contributed by atoms with E-state index in [-0.39, 0.29) is 11.5 Å². The van der Waals surface area contributed by atoms with Gasteiger partial charge in [0.05, 0.1) is 5.92 Å². The highest BCUT2D eigenvalue weighted by atomic mass is 16.5. The number of carbonyl (C=O) groups is 2. The Hall–Kier alpha value is -1.16. The van der Waals surface area contributed by atoms with Gasteiger partial charge in [-0.1, -0.05) is 103 Å². The van der Waals surface area contributed by atoms with Crippen LogP contribution in [0.15, 0.2) is 12.2 Å². The smallest absolute Gasteiger partial charge is 0.260 e. The van der Waals surface area contributed by atoms with Crippen LogP contribution in [0, 0.1) is 5.92 Å². The summed E-state index contributed by atoms with van der Waals surface area (Å²) in [6.45, 7) is 2.27. The number of carbonyl (C=O) groups excluding carboxylic acids is 2. The van der Waals surface area contributed by atoms with Gasteiger partial charge in [-0.2, -0.15) is 5.06 Å². The molecule has 1 aliphatic heterocycles. The Balaban J connectivity index is 1.82. The van der Waals surface area contributed by atoms with Gasteiger partial charge in [-0.3, -0.25) is 14.8 Å². The van der Waals surface area contributed by atoms with E-state index < -0.39 is 17.7 Å². The zero-order chi connectivity index (χ0) is 19.0. The van der Waals surface area contributed by atoms with Crippen LogP contribution < -0.4 is 0 Å². The lowest BCUT2D eigenvalue weighted by atomic mass is 10.0. The highest BCUT2D eigenvalue weighted by molar-refractivity contribution is 6.02. The molecule has 0 aromatic heterocycles. The molecule has 1 atom stereocenters. The Morgan fingerprint density at radius 1 is 0.846 bits per heavy atom. The fourth-order valence-corrected chi connectivity index (χ4v) is 3.51. The van der Waals surface area contributed by atoms with Crippen LogP contribution in [-0.2, 0) is 9.59 Å². The van der Waals surface area contributed by atoms with E-state index >= 15 is 0 Å². The first-order valence-electron chi connectivity index (χ1n) is 10.9. The van der Waals surface area contributed by atoms with Gasteiger partial charge < -0.3 is 0 Å². The zero-order valence-electron chi connectivity index (χ0n) is 16.8. The van der Waals surface area contributed by atoms with Crippen molar-refractivity contribution in [3.8, 4) is 0 Å². The van der Waals surface area contributed by atoms with Crippen LogP contribution >= 0.6 is 0 Å². The van der Waals surface area contributed by atoms with Gasteiger partial charge in [0.1, 0.15) is 0 Å². The Labute approximate surface area is 160 Å². The first-order chi connectivity index (χ1) is 12.7. The standard InChI is InChI=1S/C22H39NO3/c1-2-3-4-5-6-7-8-9-10-11-12-13-14-15-16-17-18-20-19-21(24)23(26)22(20)25/h17-18,20,26H,2-16,19H2,1H3. The van der Waals surface area contributed by atoms with Crippen molar-refractivity contribution in [1.29, 1.82) is 0 Å². The van der Waals surface area contributed by atoms with E-state index in [9.17, 15) is 14.8 Å². The first kappa shape index (κ1) is 22.9. The number of allylic oxidation sites excluding steroid dienone is 1. The number of nitrogens with zero attached hydrogens (tertiary/aromatic N) is 1. The van der Waals surface area contributed by atoms with Gasteiger partial charge in [-0.25, -0.2) is 0 Å². The van der Waals surface area contributed by atoms with Crippen molar-refractivity contribution < 1.29 is 14.8 Å². The molecule has 1 saturated heterocycles. The molecule has 0 saturated carbocycles. The van der Waals surface area contributed by atoms with Gasteiger partial charge in [-0.05, 0) is 12.8 Å². The average Bonchev–Trinajstić information content (AvgIpc) is 2.88. The molecule has 26 heavy (non-hydrogen) atoms.